The highest BCUT2D eigenvalue weighted by molar-refractivity contribution is 9.10. The minimum Gasteiger partial charge on any atom is -0.372 e. The third-order valence-corrected chi connectivity index (χ3v) is 7.78. The molecule has 0 amide bonds. The van der Waals surface area contributed by atoms with Crippen LogP contribution < -0.4 is 5.32 Å². The van der Waals surface area contributed by atoms with Gasteiger partial charge in [-0.2, -0.15) is 0 Å². The second-order valence-corrected chi connectivity index (χ2v) is 10.6. The maximum atomic E-state index is 6.58. The number of nitrogens with zero attached hydrogens (tertiary/aromatic N) is 4. The Hall–Kier alpha value is -2.30. The maximum Gasteiger partial charge on any atom is 0.164 e. The highest BCUT2D eigenvalue weighted by Gasteiger charge is 2.55. The first-order valence-corrected chi connectivity index (χ1v) is 12.8. The van der Waals surface area contributed by atoms with Gasteiger partial charge in [-0.25, -0.2) is 15.0 Å². The summed E-state index contributed by atoms with van der Waals surface area (Å²) in [6, 6.07) is 10.3. The minimum absolute atomic E-state index is 0.132. The van der Waals surface area contributed by atoms with Crippen molar-refractivity contribution in [2.45, 2.75) is 57.0 Å². The van der Waals surface area contributed by atoms with E-state index in [0.717, 1.165) is 45.1 Å². The van der Waals surface area contributed by atoms with E-state index in [1.165, 1.54) is 5.56 Å². The first-order chi connectivity index (χ1) is 16.8. The van der Waals surface area contributed by atoms with Gasteiger partial charge in [0.05, 0.1) is 21.5 Å². The molecule has 0 unspecified atom stereocenters. The van der Waals surface area contributed by atoms with Crippen LogP contribution in [0.5, 0.6) is 0 Å². The smallest absolute Gasteiger partial charge is 0.164 e. The van der Waals surface area contributed by atoms with Crippen LogP contribution in [0.1, 0.15) is 32.1 Å². The monoisotopic (exact) mass is 557 g/mol. The molecule has 0 radical (unpaired) electrons. The molecule has 0 bridgehead atoms. The molecular weight excluding hydrogens is 534 g/mol. The van der Waals surface area contributed by atoms with E-state index in [9.17, 15) is 0 Å². The number of hydrogen-bond donors (Lipinski definition) is 1. The molecule has 2 fully saturated rings. The van der Waals surface area contributed by atoms with Crippen LogP contribution in [-0.2, 0) is 20.6 Å². The van der Waals surface area contributed by atoms with E-state index in [2.05, 4.69) is 54.4 Å². The summed E-state index contributed by atoms with van der Waals surface area (Å²) in [5, 5.41) is 5.56. The highest BCUT2D eigenvalue weighted by Crippen LogP contribution is 2.45. The molecule has 2 aliphatic rings. The fourth-order valence-electron chi connectivity index (χ4n) is 5.12. The standard InChI is InChI=1S/C25H25BrClN5O3/c1-25(2)34-19-18(7-5-13-4-6-14-11-16(26)21(27)31-17(14)10-13)33-24(20(19)35-25)32-9-8-15-22(28-3)29-12-30-23(15)32/h4,6,8-12,18-20,24H,5,7H2,1-3H3,(H,28,29,30)/t18-,19-,20-,24-/m1/s1. The molecule has 1 N–H and O–H groups in total. The summed E-state index contributed by atoms with van der Waals surface area (Å²) in [6.45, 7) is 3.90. The molecule has 0 aliphatic carbocycles. The lowest BCUT2D eigenvalue weighted by molar-refractivity contribution is -0.196. The third kappa shape index (κ3) is 4.09. The third-order valence-electron chi connectivity index (χ3n) is 6.66. The zero-order valence-electron chi connectivity index (χ0n) is 19.5. The van der Waals surface area contributed by atoms with Gasteiger partial charge in [0.15, 0.2) is 12.0 Å². The Morgan fingerprint density at radius 1 is 1.14 bits per heavy atom. The van der Waals surface area contributed by atoms with Gasteiger partial charge in [0.1, 0.15) is 35.2 Å². The van der Waals surface area contributed by atoms with E-state index >= 15 is 0 Å². The number of nitrogens with one attached hydrogen (secondary N) is 1. The molecule has 4 aromatic rings. The van der Waals surface area contributed by atoms with Gasteiger partial charge in [-0.05, 0) is 66.4 Å². The molecule has 2 aliphatic heterocycles. The molecule has 10 heteroatoms. The molecule has 5 heterocycles. The molecule has 4 atom stereocenters. The number of anilines is 1. The summed E-state index contributed by atoms with van der Waals surface area (Å²) in [4.78, 5) is 13.3. The van der Waals surface area contributed by atoms with Crippen molar-refractivity contribution in [1.82, 2.24) is 19.5 Å². The fraction of sp³-hybridized carbons (Fsp3) is 0.400. The molecular formula is C25H25BrClN5O3. The van der Waals surface area contributed by atoms with Crippen LogP contribution in [0, 0.1) is 0 Å². The van der Waals surface area contributed by atoms with Crippen molar-refractivity contribution in [2.24, 2.45) is 0 Å². The van der Waals surface area contributed by atoms with Crippen molar-refractivity contribution in [3.8, 4) is 0 Å². The summed E-state index contributed by atoms with van der Waals surface area (Å²) >= 11 is 9.65. The first kappa shape index (κ1) is 23.1. The molecule has 182 valence electrons. The summed E-state index contributed by atoms with van der Waals surface area (Å²) in [5.74, 6) is 0.0987. The predicted molar refractivity (Wildman–Crippen MR) is 138 cm³/mol. The van der Waals surface area contributed by atoms with Gasteiger partial charge >= 0.3 is 0 Å². The van der Waals surface area contributed by atoms with Crippen molar-refractivity contribution < 1.29 is 14.2 Å². The van der Waals surface area contributed by atoms with Gasteiger partial charge in [0.2, 0.25) is 0 Å². The minimum atomic E-state index is -0.680. The molecule has 3 aromatic heterocycles. The van der Waals surface area contributed by atoms with Crippen molar-refractivity contribution in [2.75, 3.05) is 12.4 Å². The first-order valence-electron chi connectivity index (χ1n) is 11.6. The Kier molecular flexibility index (Phi) is 5.73. The Morgan fingerprint density at radius 2 is 1.97 bits per heavy atom. The van der Waals surface area contributed by atoms with Gasteiger partial charge < -0.3 is 24.1 Å². The van der Waals surface area contributed by atoms with Crippen molar-refractivity contribution in [3.63, 3.8) is 0 Å². The average Bonchev–Trinajstić information content (AvgIpc) is 3.49. The largest absolute Gasteiger partial charge is 0.372 e. The molecule has 2 saturated heterocycles. The molecule has 8 nitrogen and oxygen atoms in total. The van der Waals surface area contributed by atoms with Crippen LogP contribution >= 0.6 is 27.5 Å². The van der Waals surface area contributed by atoms with Crippen LogP contribution in [0.15, 0.2) is 47.3 Å². The Balaban J connectivity index is 1.27. The topological polar surface area (TPSA) is 83.3 Å². The van der Waals surface area contributed by atoms with Crippen LogP contribution in [0.3, 0.4) is 0 Å². The Bertz CT molecular complexity index is 1430. The predicted octanol–water partition coefficient (Wildman–Crippen LogP) is 5.49. The van der Waals surface area contributed by atoms with E-state index in [1.807, 2.05) is 43.8 Å². The fourth-order valence-corrected chi connectivity index (χ4v) is 5.60. The number of rotatable bonds is 5. The van der Waals surface area contributed by atoms with Crippen LogP contribution in [0.2, 0.25) is 5.15 Å². The normalized spacial score (nSPS) is 25.4. The number of fused-ring (bicyclic) bond motifs is 3. The van der Waals surface area contributed by atoms with E-state index in [0.29, 0.717) is 5.15 Å². The van der Waals surface area contributed by atoms with Crippen LogP contribution in [0.25, 0.3) is 21.9 Å². The number of hydrogen-bond acceptors (Lipinski definition) is 7. The SMILES string of the molecule is CNc1ncnc2c1ccn2[C@@H]1O[C@H](CCc2ccc3cc(Br)c(Cl)nc3c2)[C@H]2OC(C)(C)O[C@H]21. The van der Waals surface area contributed by atoms with E-state index in [4.69, 9.17) is 25.8 Å². The Morgan fingerprint density at radius 3 is 2.80 bits per heavy atom. The van der Waals surface area contributed by atoms with Crippen molar-refractivity contribution in [3.05, 3.63) is 58.0 Å². The number of aryl methyl sites for hydroxylation is 1. The van der Waals surface area contributed by atoms with Gasteiger partial charge in [-0.3, -0.25) is 0 Å². The van der Waals surface area contributed by atoms with Gasteiger partial charge in [-0.15, -0.1) is 0 Å². The summed E-state index contributed by atoms with van der Waals surface area (Å²) < 4.78 is 22.0. The van der Waals surface area contributed by atoms with E-state index < -0.39 is 5.79 Å². The summed E-state index contributed by atoms with van der Waals surface area (Å²) in [5.41, 5.74) is 2.84. The lowest BCUT2D eigenvalue weighted by Crippen LogP contribution is -2.29. The Labute approximate surface area is 216 Å². The number of halogens is 2. The molecule has 0 saturated carbocycles. The quantitative estimate of drug-likeness (QED) is 0.324. The van der Waals surface area contributed by atoms with E-state index in [1.54, 1.807) is 6.33 Å². The average molecular weight is 559 g/mol. The molecule has 0 spiro atoms. The van der Waals surface area contributed by atoms with Gasteiger partial charge in [0.25, 0.3) is 0 Å². The second-order valence-electron chi connectivity index (χ2n) is 9.39. The molecule has 1 aromatic carbocycles. The van der Waals surface area contributed by atoms with E-state index in [-0.39, 0.29) is 24.5 Å². The zero-order chi connectivity index (χ0) is 24.3. The lowest BCUT2D eigenvalue weighted by atomic mass is 10.0. The highest BCUT2D eigenvalue weighted by atomic mass is 79.9. The van der Waals surface area contributed by atoms with Crippen LogP contribution in [0.4, 0.5) is 5.82 Å². The number of ether oxygens (including phenoxy) is 3. The van der Waals surface area contributed by atoms with Gasteiger partial charge in [0, 0.05) is 18.6 Å². The van der Waals surface area contributed by atoms with Crippen LogP contribution in [-0.4, -0.2) is 50.7 Å². The summed E-state index contributed by atoms with van der Waals surface area (Å²) in [6.07, 6.45) is 4.23. The van der Waals surface area contributed by atoms with Crippen molar-refractivity contribution in [1.29, 1.82) is 0 Å². The molecule has 6 rings (SSSR count). The molecule has 35 heavy (non-hydrogen) atoms. The number of benzene rings is 1. The van der Waals surface area contributed by atoms with Crippen molar-refractivity contribution >= 4 is 55.3 Å². The number of pyridine rings is 1. The maximum absolute atomic E-state index is 6.58. The second kappa shape index (κ2) is 8.67. The van der Waals surface area contributed by atoms with Gasteiger partial charge in [-0.1, -0.05) is 23.7 Å². The summed E-state index contributed by atoms with van der Waals surface area (Å²) in [7, 11) is 1.85. The lowest BCUT2D eigenvalue weighted by Gasteiger charge is -2.25. The zero-order valence-corrected chi connectivity index (χ0v) is 21.9. The number of aromatic nitrogens is 4.